The number of nitrogens with one attached hydrogen (secondary N) is 1. The van der Waals surface area contributed by atoms with Crippen molar-refractivity contribution in [3.05, 3.63) is 71.3 Å². The number of aromatic carboxylic acids is 1. The summed E-state index contributed by atoms with van der Waals surface area (Å²) >= 11 is 0. The first kappa shape index (κ1) is 16.7. The van der Waals surface area contributed by atoms with Crippen LogP contribution in [0, 0.1) is 5.92 Å². The van der Waals surface area contributed by atoms with Crippen molar-refractivity contribution in [2.45, 2.75) is 26.3 Å². The molecule has 0 spiro atoms. The molecular weight excluding hydrogens is 290 g/mol. The summed E-state index contributed by atoms with van der Waals surface area (Å²) in [6, 6.07) is 16.4. The Balaban J connectivity index is 2.24. The second kappa shape index (κ2) is 7.58. The first-order chi connectivity index (χ1) is 11.0. The van der Waals surface area contributed by atoms with Crippen LogP contribution >= 0.6 is 0 Å². The average Bonchev–Trinajstić information content (AvgIpc) is 2.55. The second-order valence-corrected chi connectivity index (χ2v) is 5.83. The van der Waals surface area contributed by atoms with Gasteiger partial charge < -0.3 is 10.4 Å². The molecule has 2 aromatic carbocycles. The van der Waals surface area contributed by atoms with E-state index in [9.17, 15) is 9.59 Å². The van der Waals surface area contributed by atoms with Crippen LogP contribution in [0.3, 0.4) is 0 Å². The molecule has 0 aliphatic rings. The van der Waals surface area contributed by atoms with E-state index in [0.717, 1.165) is 11.1 Å². The van der Waals surface area contributed by atoms with Crippen LogP contribution in [0.15, 0.2) is 54.6 Å². The molecule has 2 rings (SSSR count). The summed E-state index contributed by atoms with van der Waals surface area (Å²) in [6.45, 7) is 3.70. The van der Waals surface area contributed by atoms with Crippen molar-refractivity contribution in [3.8, 4) is 0 Å². The second-order valence-electron chi connectivity index (χ2n) is 5.83. The molecule has 2 aromatic rings. The fourth-order valence-corrected chi connectivity index (χ4v) is 2.30. The summed E-state index contributed by atoms with van der Waals surface area (Å²) in [7, 11) is 0. The molecule has 4 nitrogen and oxygen atoms in total. The van der Waals surface area contributed by atoms with Crippen LogP contribution in [0.4, 0.5) is 0 Å². The first-order valence-electron chi connectivity index (χ1n) is 7.65. The van der Waals surface area contributed by atoms with E-state index in [1.165, 1.54) is 0 Å². The van der Waals surface area contributed by atoms with Gasteiger partial charge in [-0.1, -0.05) is 56.3 Å². The monoisotopic (exact) mass is 311 g/mol. The van der Waals surface area contributed by atoms with Gasteiger partial charge in [0.1, 0.15) is 0 Å². The molecule has 0 heterocycles. The van der Waals surface area contributed by atoms with Crippen LogP contribution in [0.2, 0.25) is 0 Å². The molecule has 4 heteroatoms. The maximum Gasteiger partial charge on any atom is 0.335 e. The Morgan fingerprint density at radius 1 is 1.00 bits per heavy atom. The Kier molecular flexibility index (Phi) is 5.52. The lowest BCUT2D eigenvalue weighted by molar-refractivity contribution is -0.124. The van der Waals surface area contributed by atoms with E-state index < -0.39 is 5.97 Å². The van der Waals surface area contributed by atoms with Crippen LogP contribution in [0.5, 0.6) is 0 Å². The fraction of sp³-hybridized carbons (Fsp3) is 0.263. The van der Waals surface area contributed by atoms with E-state index in [0.29, 0.717) is 6.42 Å². The number of carboxylic acids is 1. The van der Waals surface area contributed by atoms with E-state index in [2.05, 4.69) is 5.32 Å². The average molecular weight is 311 g/mol. The molecule has 1 amide bonds. The topological polar surface area (TPSA) is 66.4 Å². The number of hydrogen-bond donors (Lipinski definition) is 2. The number of carboxylic acid groups (broad SMARTS) is 1. The smallest absolute Gasteiger partial charge is 0.335 e. The molecule has 2 N–H and O–H groups in total. The van der Waals surface area contributed by atoms with Gasteiger partial charge in [0.15, 0.2) is 0 Å². The summed E-state index contributed by atoms with van der Waals surface area (Å²) in [5.74, 6) is -1.08. The molecule has 1 atom stereocenters. The van der Waals surface area contributed by atoms with Crippen molar-refractivity contribution >= 4 is 11.9 Å². The summed E-state index contributed by atoms with van der Waals surface area (Å²) in [6.07, 6.45) is 0.658. The lowest BCUT2D eigenvalue weighted by Gasteiger charge is -2.21. The van der Waals surface area contributed by atoms with E-state index >= 15 is 0 Å². The number of hydrogen-bond acceptors (Lipinski definition) is 2. The highest BCUT2D eigenvalue weighted by Crippen LogP contribution is 2.20. The first-order valence-corrected chi connectivity index (χ1v) is 7.65. The Labute approximate surface area is 136 Å². The van der Waals surface area contributed by atoms with Crippen LogP contribution in [-0.2, 0) is 11.2 Å². The largest absolute Gasteiger partial charge is 0.478 e. The van der Waals surface area contributed by atoms with Gasteiger partial charge in [0, 0.05) is 5.92 Å². The van der Waals surface area contributed by atoms with Crippen LogP contribution < -0.4 is 5.32 Å². The maximum absolute atomic E-state index is 12.1. The van der Waals surface area contributed by atoms with Crippen molar-refractivity contribution in [1.29, 1.82) is 0 Å². The predicted octanol–water partition coefficient (Wildman–Crippen LogP) is 3.44. The lowest BCUT2D eigenvalue weighted by Crippen LogP contribution is -2.33. The van der Waals surface area contributed by atoms with Crippen molar-refractivity contribution in [2.75, 3.05) is 0 Å². The maximum atomic E-state index is 12.1. The molecule has 23 heavy (non-hydrogen) atoms. The van der Waals surface area contributed by atoms with Gasteiger partial charge >= 0.3 is 5.97 Å². The number of amides is 1. The molecule has 0 bridgehead atoms. The molecule has 120 valence electrons. The molecule has 0 fully saturated rings. The Hall–Kier alpha value is -2.62. The molecule has 0 saturated carbocycles. The minimum absolute atomic E-state index is 0.0201. The zero-order valence-electron chi connectivity index (χ0n) is 13.3. The van der Waals surface area contributed by atoms with Gasteiger partial charge in [0.25, 0.3) is 0 Å². The van der Waals surface area contributed by atoms with Crippen LogP contribution in [0.1, 0.15) is 41.4 Å². The third kappa shape index (κ3) is 4.68. The van der Waals surface area contributed by atoms with Crippen LogP contribution in [0.25, 0.3) is 0 Å². The third-order valence-corrected chi connectivity index (χ3v) is 3.68. The Morgan fingerprint density at radius 3 is 2.13 bits per heavy atom. The van der Waals surface area contributed by atoms with Gasteiger partial charge in [0.05, 0.1) is 11.6 Å². The molecule has 0 aliphatic carbocycles. The quantitative estimate of drug-likeness (QED) is 0.859. The lowest BCUT2D eigenvalue weighted by atomic mass is 9.97. The van der Waals surface area contributed by atoms with E-state index in [4.69, 9.17) is 5.11 Å². The number of carbonyl (C=O) groups is 2. The molecule has 0 saturated heterocycles. The van der Waals surface area contributed by atoms with Gasteiger partial charge in [-0.25, -0.2) is 4.79 Å². The number of carbonyl (C=O) groups excluding carboxylic acids is 1. The predicted molar refractivity (Wildman–Crippen MR) is 89.3 cm³/mol. The molecule has 0 aromatic heterocycles. The van der Waals surface area contributed by atoms with Crippen molar-refractivity contribution in [2.24, 2.45) is 5.92 Å². The molecule has 1 unspecified atom stereocenters. The van der Waals surface area contributed by atoms with E-state index in [-0.39, 0.29) is 23.4 Å². The van der Waals surface area contributed by atoms with Gasteiger partial charge in [-0.3, -0.25) is 4.79 Å². The zero-order valence-corrected chi connectivity index (χ0v) is 13.3. The zero-order chi connectivity index (χ0) is 16.8. The molecule has 0 radical (unpaired) electrons. The molecule has 0 aliphatic heterocycles. The Bertz CT molecular complexity index is 663. The van der Waals surface area contributed by atoms with Gasteiger partial charge in [-0.05, 0) is 29.7 Å². The van der Waals surface area contributed by atoms with E-state index in [1.54, 1.807) is 24.3 Å². The van der Waals surface area contributed by atoms with Crippen molar-refractivity contribution in [3.63, 3.8) is 0 Å². The number of rotatable bonds is 6. The SMILES string of the molecule is CC(C)C(=O)NC(Cc1ccccc1)c1ccc(C(=O)O)cc1. The summed E-state index contributed by atoms with van der Waals surface area (Å²) in [5.41, 5.74) is 2.25. The minimum atomic E-state index is -0.956. The molecular formula is C19H21NO3. The fourth-order valence-electron chi connectivity index (χ4n) is 2.30. The Morgan fingerprint density at radius 2 is 1.61 bits per heavy atom. The summed E-state index contributed by atoms with van der Waals surface area (Å²) in [4.78, 5) is 23.1. The third-order valence-electron chi connectivity index (χ3n) is 3.68. The van der Waals surface area contributed by atoms with Crippen molar-refractivity contribution < 1.29 is 14.7 Å². The standard InChI is InChI=1S/C19H21NO3/c1-13(2)18(21)20-17(12-14-6-4-3-5-7-14)15-8-10-16(11-9-15)19(22)23/h3-11,13,17H,12H2,1-2H3,(H,20,21)(H,22,23). The minimum Gasteiger partial charge on any atom is -0.478 e. The highest BCUT2D eigenvalue weighted by Gasteiger charge is 2.17. The van der Waals surface area contributed by atoms with E-state index in [1.807, 2.05) is 44.2 Å². The highest BCUT2D eigenvalue weighted by molar-refractivity contribution is 5.87. The highest BCUT2D eigenvalue weighted by atomic mass is 16.4. The number of benzene rings is 2. The summed E-state index contributed by atoms with van der Waals surface area (Å²) < 4.78 is 0. The van der Waals surface area contributed by atoms with Crippen LogP contribution in [-0.4, -0.2) is 17.0 Å². The summed E-state index contributed by atoms with van der Waals surface area (Å²) in [5, 5.41) is 12.0. The van der Waals surface area contributed by atoms with Gasteiger partial charge in [0.2, 0.25) is 5.91 Å². The van der Waals surface area contributed by atoms with Gasteiger partial charge in [-0.15, -0.1) is 0 Å². The van der Waals surface area contributed by atoms with Gasteiger partial charge in [-0.2, -0.15) is 0 Å². The normalized spacial score (nSPS) is 12.0. The van der Waals surface area contributed by atoms with Crippen molar-refractivity contribution in [1.82, 2.24) is 5.32 Å².